The smallest absolute Gasteiger partial charge is 0.310 e. The highest BCUT2D eigenvalue weighted by molar-refractivity contribution is 6.29. The van der Waals surface area contributed by atoms with Crippen LogP contribution in [0.25, 0.3) is 0 Å². The van der Waals surface area contributed by atoms with Crippen molar-refractivity contribution in [2.24, 2.45) is 0 Å². The van der Waals surface area contributed by atoms with Gasteiger partial charge in [0.25, 0.3) is 0 Å². The molecule has 1 saturated heterocycles. The van der Waals surface area contributed by atoms with Crippen LogP contribution < -0.4 is 0 Å². The Bertz CT molecular complexity index is 994. The molecule has 2 aliphatic heterocycles. The second kappa shape index (κ2) is 15.6. The zero-order valence-corrected chi connectivity index (χ0v) is 23.0. The Labute approximate surface area is 228 Å². The molecule has 4 atom stereocenters. The van der Waals surface area contributed by atoms with Crippen LogP contribution in [0.15, 0.2) is 46.6 Å². The Balaban J connectivity index is 2.07. The predicted molar refractivity (Wildman–Crippen MR) is 140 cm³/mol. The molecule has 2 bridgehead atoms. The van der Waals surface area contributed by atoms with Gasteiger partial charge in [0.2, 0.25) is 0 Å². The molecular weight excluding hydrogens is 516 g/mol. The van der Waals surface area contributed by atoms with Gasteiger partial charge in [-0.15, -0.1) is 0 Å². The predicted octanol–water partition coefficient (Wildman–Crippen LogP) is 4.02. The summed E-state index contributed by atoms with van der Waals surface area (Å²) in [5.74, 6) is -1.69. The maximum atomic E-state index is 12.7. The summed E-state index contributed by atoms with van der Waals surface area (Å²) in [6.45, 7) is 7.76. The lowest BCUT2D eigenvalue weighted by atomic mass is 10.0. The summed E-state index contributed by atoms with van der Waals surface area (Å²) in [6, 6.07) is 0. The molecule has 0 spiro atoms. The number of carbonyl (C=O) groups is 4. The number of carbonyl (C=O) groups excluding carboxylic acids is 4. The van der Waals surface area contributed by atoms with Crippen LogP contribution in [-0.2, 0) is 38.1 Å². The standard InChI is InChI=1S/C28H37ClO9/c1-17(13-27(34)36-15-18(2)19(3)30)12-24(32)28-25-14-23(37-28)10-9-22(29)7-5-6-21(16-35-20(4)31)8-11-26(33)38-25/h6-7,12,23-25,28,32H,2,5,8-11,13-16H2,1,3-4H3/b17-12+,21-6+,22-7+/t23-,24-,25-,28-/m1/s1. The summed E-state index contributed by atoms with van der Waals surface area (Å²) in [7, 11) is 0. The van der Waals surface area contributed by atoms with E-state index in [4.69, 9.17) is 30.5 Å². The van der Waals surface area contributed by atoms with Gasteiger partial charge in [-0.1, -0.05) is 42.0 Å². The van der Waals surface area contributed by atoms with E-state index in [0.717, 1.165) is 5.57 Å². The van der Waals surface area contributed by atoms with Crippen molar-refractivity contribution in [3.63, 3.8) is 0 Å². The summed E-state index contributed by atoms with van der Waals surface area (Å²) in [4.78, 5) is 47.2. The van der Waals surface area contributed by atoms with Gasteiger partial charge in [0, 0.05) is 30.4 Å². The number of ketones is 1. The monoisotopic (exact) mass is 552 g/mol. The fraction of sp³-hybridized carbons (Fsp3) is 0.571. The number of Topliss-reactive ketones (excluding diaryl/α,β-unsaturated/α-hetero) is 1. The lowest BCUT2D eigenvalue weighted by Crippen LogP contribution is -2.36. The number of rotatable bonds is 9. The highest BCUT2D eigenvalue weighted by atomic mass is 35.5. The number of aliphatic hydroxyl groups excluding tert-OH is 1. The van der Waals surface area contributed by atoms with Gasteiger partial charge in [0.1, 0.15) is 31.5 Å². The molecule has 0 aliphatic carbocycles. The SMILES string of the molecule is C=C(COC(=O)C/C(C)=C/[C@@H](O)[C@H]1O[C@@H]2CC/C(Cl)=C\C/C=C(/COC(C)=O)CCC(=O)O[C@@H]1C2)C(C)=O. The molecule has 1 fully saturated rings. The summed E-state index contributed by atoms with van der Waals surface area (Å²) in [5, 5.41) is 11.6. The number of hydrogen-bond donors (Lipinski definition) is 1. The second-order valence-electron chi connectivity index (χ2n) is 9.56. The molecule has 0 unspecified atom stereocenters. The van der Waals surface area contributed by atoms with E-state index >= 15 is 0 Å². The molecule has 10 heteroatoms. The topological polar surface area (TPSA) is 125 Å². The molecular formula is C28H37ClO9. The normalized spacial score (nSPS) is 26.5. The third-order valence-corrected chi connectivity index (χ3v) is 6.52. The van der Waals surface area contributed by atoms with E-state index < -0.39 is 36.2 Å². The van der Waals surface area contributed by atoms with E-state index in [0.29, 0.717) is 42.7 Å². The van der Waals surface area contributed by atoms with Crippen LogP contribution in [0, 0.1) is 0 Å². The molecule has 1 N–H and O–H groups in total. The van der Waals surface area contributed by atoms with E-state index in [1.165, 1.54) is 19.9 Å². The molecule has 0 saturated carbocycles. The van der Waals surface area contributed by atoms with Gasteiger partial charge in [-0.05, 0) is 45.1 Å². The Kier molecular flexibility index (Phi) is 12.9. The quantitative estimate of drug-likeness (QED) is 0.195. The molecule has 9 nitrogen and oxygen atoms in total. The van der Waals surface area contributed by atoms with Crippen molar-refractivity contribution >= 4 is 35.3 Å². The highest BCUT2D eigenvalue weighted by Crippen LogP contribution is 2.31. The summed E-state index contributed by atoms with van der Waals surface area (Å²) in [6.07, 6.45) is 4.69. The van der Waals surface area contributed by atoms with Gasteiger partial charge < -0.3 is 24.1 Å². The Morgan fingerprint density at radius 1 is 1.18 bits per heavy atom. The van der Waals surface area contributed by atoms with Crippen LogP contribution in [0.4, 0.5) is 0 Å². The maximum absolute atomic E-state index is 12.7. The summed E-state index contributed by atoms with van der Waals surface area (Å²) in [5.41, 5.74) is 1.50. The zero-order valence-electron chi connectivity index (χ0n) is 22.2. The van der Waals surface area contributed by atoms with Crippen LogP contribution in [0.1, 0.15) is 65.7 Å². The molecule has 0 aromatic carbocycles. The van der Waals surface area contributed by atoms with E-state index in [-0.39, 0.29) is 43.5 Å². The van der Waals surface area contributed by atoms with Crippen molar-refractivity contribution < 1.29 is 43.2 Å². The maximum Gasteiger partial charge on any atom is 0.310 e. The molecule has 210 valence electrons. The molecule has 0 amide bonds. The number of allylic oxidation sites excluding steroid dienone is 3. The lowest BCUT2D eigenvalue weighted by Gasteiger charge is -2.23. The van der Waals surface area contributed by atoms with E-state index in [1.54, 1.807) is 6.92 Å². The van der Waals surface area contributed by atoms with Gasteiger partial charge >= 0.3 is 17.9 Å². The fourth-order valence-electron chi connectivity index (χ4n) is 4.03. The minimum Gasteiger partial charge on any atom is -0.461 e. The Morgan fingerprint density at radius 2 is 1.92 bits per heavy atom. The van der Waals surface area contributed by atoms with Crippen molar-refractivity contribution in [2.75, 3.05) is 13.2 Å². The summed E-state index contributed by atoms with van der Waals surface area (Å²) < 4.78 is 21.9. The van der Waals surface area contributed by atoms with Gasteiger partial charge in [-0.25, -0.2) is 0 Å². The number of hydrogen-bond acceptors (Lipinski definition) is 9. The van der Waals surface area contributed by atoms with E-state index in [1.807, 2.05) is 12.2 Å². The second-order valence-corrected chi connectivity index (χ2v) is 10.0. The number of aliphatic hydroxyl groups is 1. The molecule has 0 aromatic heterocycles. The number of esters is 3. The Morgan fingerprint density at radius 3 is 2.61 bits per heavy atom. The van der Waals surface area contributed by atoms with Crippen LogP contribution in [0.3, 0.4) is 0 Å². The van der Waals surface area contributed by atoms with Crippen molar-refractivity contribution in [3.05, 3.63) is 46.6 Å². The minimum absolute atomic E-state index is 0.0702. The van der Waals surface area contributed by atoms with Gasteiger partial charge in [0.15, 0.2) is 5.78 Å². The number of ether oxygens (including phenoxy) is 4. The van der Waals surface area contributed by atoms with E-state index in [9.17, 15) is 24.3 Å². The van der Waals surface area contributed by atoms with E-state index in [2.05, 4.69) is 6.58 Å². The third kappa shape index (κ3) is 11.3. The molecule has 2 aliphatic rings. The van der Waals surface area contributed by atoms with Gasteiger partial charge in [-0.3, -0.25) is 19.2 Å². The first kappa shape index (κ1) is 31.5. The van der Waals surface area contributed by atoms with Crippen molar-refractivity contribution in [2.45, 2.75) is 90.1 Å². The molecule has 0 radical (unpaired) electrons. The van der Waals surface area contributed by atoms with Crippen LogP contribution >= 0.6 is 11.6 Å². The van der Waals surface area contributed by atoms with Gasteiger partial charge in [0.05, 0.1) is 12.5 Å². The van der Waals surface area contributed by atoms with Crippen molar-refractivity contribution in [1.82, 2.24) is 0 Å². The molecule has 2 rings (SSSR count). The largest absolute Gasteiger partial charge is 0.461 e. The average molecular weight is 553 g/mol. The first-order valence-corrected chi connectivity index (χ1v) is 13.0. The zero-order chi connectivity index (χ0) is 28.2. The molecule has 2 heterocycles. The van der Waals surface area contributed by atoms with Crippen LogP contribution in [0.5, 0.6) is 0 Å². The van der Waals surface area contributed by atoms with Crippen molar-refractivity contribution in [3.8, 4) is 0 Å². The number of fused-ring (bicyclic) bond motifs is 2. The summed E-state index contributed by atoms with van der Waals surface area (Å²) >= 11 is 6.38. The van der Waals surface area contributed by atoms with Crippen LogP contribution in [0.2, 0.25) is 0 Å². The fourth-order valence-corrected chi connectivity index (χ4v) is 4.22. The average Bonchev–Trinajstić information content (AvgIpc) is 3.24. The Hall–Kier alpha value is -2.75. The van der Waals surface area contributed by atoms with Gasteiger partial charge in [-0.2, -0.15) is 0 Å². The van der Waals surface area contributed by atoms with Crippen LogP contribution in [-0.4, -0.2) is 66.4 Å². The first-order valence-electron chi connectivity index (χ1n) is 12.6. The van der Waals surface area contributed by atoms with Crippen molar-refractivity contribution in [1.29, 1.82) is 0 Å². The minimum atomic E-state index is -1.14. The molecule has 0 aromatic rings. The highest BCUT2D eigenvalue weighted by Gasteiger charge is 2.41. The number of halogens is 1. The molecule has 38 heavy (non-hydrogen) atoms. The lowest BCUT2D eigenvalue weighted by molar-refractivity contribution is -0.154. The third-order valence-electron chi connectivity index (χ3n) is 6.18. The first-order chi connectivity index (χ1) is 17.9.